The van der Waals surface area contributed by atoms with Crippen molar-refractivity contribution in [3.63, 3.8) is 0 Å². The summed E-state index contributed by atoms with van der Waals surface area (Å²) < 4.78 is 0. The Hall–Kier alpha value is -1.82. The van der Waals surface area contributed by atoms with Gasteiger partial charge in [-0.2, -0.15) is 0 Å². The van der Waals surface area contributed by atoms with Gasteiger partial charge in [0.15, 0.2) is 0 Å². The lowest BCUT2D eigenvalue weighted by molar-refractivity contribution is -0.384. The Bertz CT molecular complexity index is 491. The lowest BCUT2D eigenvalue weighted by Gasteiger charge is -2.29. The number of rotatable bonds is 3. The highest BCUT2D eigenvalue weighted by Gasteiger charge is 2.38. The number of piperidine rings is 1. The fourth-order valence-electron chi connectivity index (χ4n) is 3.19. The lowest BCUT2D eigenvalue weighted by atomic mass is 10.1. The second kappa shape index (κ2) is 4.13. The Morgan fingerprint density at radius 1 is 1.39 bits per heavy atom. The van der Waals surface area contributed by atoms with Gasteiger partial charge in [0.25, 0.3) is 5.69 Å². The molecule has 1 aliphatic carbocycles. The van der Waals surface area contributed by atoms with Gasteiger partial charge < -0.3 is 10.3 Å². The van der Waals surface area contributed by atoms with Crippen LogP contribution >= 0.6 is 0 Å². The molecule has 1 heterocycles. The van der Waals surface area contributed by atoms with Gasteiger partial charge in [-0.25, -0.2) is 0 Å². The van der Waals surface area contributed by atoms with Gasteiger partial charge in [0, 0.05) is 30.4 Å². The maximum Gasteiger partial charge on any atom is 0.273 e. The Morgan fingerprint density at radius 2 is 2.22 bits per heavy atom. The summed E-state index contributed by atoms with van der Waals surface area (Å²) in [5, 5.41) is 10.9. The molecular formula is C12H16N4O2. The summed E-state index contributed by atoms with van der Waals surface area (Å²) in [6.07, 6.45) is 3.70. The van der Waals surface area contributed by atoms with Crippen LogP contribution in [0.1, 0.15) is 19.3 Å². The van der Waals surface area contributed by atoms with Crippen LogP contribution < -0.4 is 16.2 Å². The Balaban J connectivity index is 1.96. The van der Waals surface area contributed by atoms with E-state index in [4.69, 9.17) is 5.84 Å². The molecule has 1 aliphatic heterocycles. The average Bonchev–Trinajstić information content (AvgIpc) is 3.00. The zero-order chi connectivity index (χ0) is 12.7. The van der Waals surface area contributed by atoms with Crippen LogP contribution in [0.4, 0.5) is 17.1 Å². The summed E-state index contributed by atoms with van der Waals surface area (Å²) in [6, 6.07) is 5.52. The topological polar surface area (TPSA) is 84.4 Å². The summed E-state index contributed by atoms with van der Waals surface area (Å²) in [5.41, 5.74) is 4.08. The van der Waals surface area contributed by atoms with Crippen LogP contribution in [0.3, 0.4) is 0 Å². The number of nitrogens with two attached hydrogens (primary N) is 1. The van der Waals surface area contributed by atoms with E-state index in [-0.39, 0.29) is 10.6 Å². The number of nitro groups is 1. The molecule has 2 aliphatic rings. The minimum atomic E-state index is -0.376. The number of anilines is 2. The molecular weight excluding hydrogens is 232 g/mol. The number of nitrogens with zero attached hydrogens (tertiary/aromatic N) is 2. The van der Waals surface area contributed by atoms with Gasteiger partial charge in [0.05, 0.1) is 10.6 Å². The number of nitrogens with one attached hydrogen (secondary N) is 1. The standard InChI is InChI=1S/C12H16N4O2/c13-14-9-4-11(6-12(5-9)16(17)18)15-7-8-1-2-10(15)3-8/h4-6,8,10,14H,1-3,7,13H2. The van der Waals surface area contributed by atoms with E-state index in [0.717, 1.165) is 18.2 Å². The molecule has 3 rings (SSSR count). The third-order valence-electron chi connectivity index (χ3n) is 4.02. The van der Waals surface area contributed by atoms with Crippen molar-refractivity contribution in [1.29, 1.82) is 0 Å². The molecule has 1 aromatic rings. The van der Waals surface area contributed by atoms with E-state index in [2.05, 4.69) is 10.3 Å². The van der Waals surface area contributed by atoms with E-state index in [1.165, 1.54) is 25.3 Å². The SMILES string of the molecule is NNc1cc(N2CC3CCC2C3)cc([N+](=O)[O-])c1. The number of non-ortho nitro benzene ring substituents is 1. The molecule has 2 bridgehead atoms. The molecule has 0 spiro atoms. The molecule has 6 heteroatoms. The Morgan fingerprint density at radius 3 is 2.78 bits per heavy atom. The van der Waals surface area contributed by atoms with Crippen molar-refractivity contribution < 1.29 is 4.92 Å². The van der Waals surface area contributed by atoms with Gasteiger partial charge >= 0.3 is 0 Å². The van der Waals surface area contributed by atoms with Crippen LogP contribution in [-0.4, -0.2) is 17.5 Å². The Kier molecular flexibility index (Phi) is 2.59. The molecule has 0 radical (unpaired) electrons. The molecule has 6 nitrogen and oxygen atoms in total. The van der Waals surface area contributed by atoms with E-state index in [0.29, 0.717) is 11.7 Å². The van der Waals surface area contributed by atoms with Gasteiger partial charge in [0.2, 0.25) is 0 Å². The first-order valence-corrected chi connectivity index (χ1v) is 6.20. The maximum atomic E-state index is 10.9. The number of hydrogen-bond acceptors (Lipinski definition) is 5. The smallest absolute Gasteiger partial charge is 0.273 e. The normalized spacial score (nSPS) is 25.5. The quantitative estimate of drug-likeness (QED) is 0.484. The van der Waals surface area contributed by atoms with Gasteiger partial charge in [0.1, 0.15) is 0 Å². The fourth-order valence-corrected chi connectivity index (χ4v) is 3.19. The van der Waals surface area contributed by atoms with Crippen molar-refractivity contribution in [2.75, 3.05) is 16.9 Å². The molecule has 3 N–H and O–H groups in total. The summed E-state index contributed by atoms with van der Waals surface area (Å²) in [4.78, 5) is 12.8. The number of nitro benzene ring substituents is 1. The zero-order valence-electron chi connectivity index (χ0n) is 10.0. The van der Waals surface area contributed by atoms with E-state index in [1.807, 2.05) is 6.07 Å². The van der Waals surface area contributed by atoms with Crippen molar-refractivity contribution in [3.05, 3.63) is 28.3 Å². The first-order valence-electron chi connectivity index (χ1n) is 6.20. The molecule has 18 heavy (non-hydrogen) atoms. The van der Waals surface area contributed by atoms with Crippen LogP contribution in [0, 0.1) is 16.0 Å². The zero-order valence-corrected chi connectivity index (χ0v) is 10.0. The van der Waals surface area contributed by atoms with E-state index >= 15 is 0 Å². The predicted octanol–water partition coefficient (Wildman–Crippen LogP) is 1.87. The van der Waals surface area contributed by atoms with Crippen molar-refractivity contribution in [2.24, 2.45) is 11.8 Å². The van der Waals surface area contributed by atoms with Gasteiger partial charge in [-0.15, -0.1) is 0 Å². The largest absolute Gasteiger partial charge is 0.368 e. The number of benzene rings is 1. The van der Waals surface area contributed by atoms with Crippen LogP contribution in [0.25, 0.3) is 0 Å². The molecule has 1 aromatic carbocycles. The van der Waals surface area contributed by atoms with Crippen molar-refractivity contribution in [3.8, 4) is 0 Å². The number of fused-ring (bicyclic) bond motifs is 2. The summed E-state index contributed by atoms with van der Waals surface area (Å²) in [6.45, 7) is 1.01. The van der Waals surface area contributed by atoms with Crippen molar-refractivity contribution in [2.45, 2.75) is 25.3 Å². The number of hydrogen-bond donors (Lipinski definition) is 2. The minimum absolute atomic E-state index is 0.0863. The van der Waals surface area contributed by atoms with E-state index in [9.17, 15) is 10.1 Å². The molecule has 96 valence electrons. The summed E-state index contributed by atoms with van der Waals surface area (Å²) >= 11 is 0. The molecule has 0 amide bonds. The van der Waals surface area contributed by atoms with Crippen LogP contribution in [-0.2, 0) is 0 Å². The van der Waals surface area contributed by atoms with Gasteiger partial charge in [-0.3, -0.25) is 16.0 Å². The molecule has 1 saturated heterocycles. The number of nitrogen functional groups attached to an aromatic ring is 1. The third-order valence-corrected chi connectivity index (χ3v) is 4.02. The van der Waals surface area contributed by atoms with E-state index in [1.54, 1.807) is 6.07 Å². The highest BCUT2D eigenvalue weighted by Crippen LogP contribution is 2.41. The second-order valence-electron chi connectivity index (χ2n) is 5.12. The van der Waals surface area contributed by atoms with Gasteiger partial charge in [-0.05, 0) is 31.2 Å². The van der Waals surface area contributed by atoms with Crippen molar-refractivity contribution >= 4 is 17.1 Å². The Labute approximate surface area is 105 Å². The van der Waals surface area contributed by atoms with E-state index < -0.39 is 0 Å². The predicted molar refractivity (Wildman–Crippen MR) is 69.4 cm³/mol. The number of hydrazine groups is 1. The molecule has 0 aromatic heterocycles. The van der Waals surface area contributed by atoms with Gasteiger partial charge in [-0.1, -0.05) is 0 Å². The highest BCUT2D eigenvalue weighted by atomic mass is 16.6. The monoisotopic (exact) mass is 248 g/mol. The summed E-state index contributed by atoms with van der Waals surface area (Å²) in [5.74, 6) is 6.12. The molecule has 1 saturated carbocycles. The van der Waals surface area contributed by atoms with Crippen LogP contribution in [0.2, 0.25) is 0 Å². The third kappa shape index (κ3) is 1.78. The first-order chi connectivity index (χ1) is 8.67. The fraction of sp³-hybridized carbons (Fsp3) is 0.500. The lowest BCUT2D eigenvalue weighted by Crippen LogP contribution is -2.31. The maximum absolute atomic E-state index is 10.9. The molecule has 2 unspecified atom stereocenters. The average molecular weight is 248 g/mol. The minimum Gasteiger partial charge on any atom is -0.368 e. The summed E-state index contributed by atoms with van der Waals surface area (Å²) in [7, 11) is 0. The van der Waals surface area contributed by atoms with Crippen LogP contribution in [0.5, 0.6) is 0 Å². The first kappa shape index (κ1) is 11.3. The van der Waals surface area contributed by atoms with Crippen molar-refractivity contribution in [1.82, 2.24) is 0 Å². The second-order valence-corrected chi connectivity index (χ2v) is 5.12. The van der Waals surface area contributed by atoms with Crippen LogP contribution in [0.15, 0.2) is 18.2 Å². The highest BCUT2D eigenvalue weighted by molar-refractivity contribution is 5.65. The molecule has 2 atom stereocenters. The molecule has 2 fully saturated rings.